The molecular formula is C37H52BrN4O9P2+. The number of methoxy groups -OCH3 is 1. The maximum Gasteiger partial charge on any atom is 0.481 e. The third-order valence-corrected chi connectivity index (χ3v) is 11.2. The zero-order valence-corrected chi connectivity index (χ0v) is 34.5. The van der Waals surface area contributed by atoms with Crippen LogP contribution in [0.4, 0.5) is 0 Å². The minimum Gasteiger partial charge on any atom is -0.496 e. The Morgan fingerprint density at radius 1 is 0.962 bits per heavy atom. The van der Waals surface area contributed by atoms with Gasteiger partial charge in [0, 0.05) is 21.8 Å². The van der Waals surface area contributed by atoms with Crippen LogP contribution < -0.4 is 4.74 Å². The smallest absolute Gasteiger partial charge is 0.481 e. The summed E-state index contributed by atoms with van der Waals surface area (Å²) in [5, 5.41) is 9.69. The molecule has 0 aliphatic rings. The summed E-state index contributed by atoms with van der Waals surface area (Å²) in [7, 11) is -9.16. The lowest BCUT2D eigenvalue weighted by atomic mass is 10.1. The second-order valence-corrected chi connectivity index (χ2v) is 16.4. The highest BCUT2D eigenvalue weighted by atomic mass is 79.9. The molecule has 0 saturated carbocycles. The van der Waals surface area contributed by atoms with Crippen LogP contribution in [0.3, 0.4) is 0 Å². The van der Waals surface area contributed by atoms with Gasteiger partial charge in [0.15, 0.2) is 5.70 Å². The molecule has 290 valence electrons. The van der Waals surface area contributed by atoms with Crippen molar-refractivity contribution in [1.29, 1.82) is 5.26 Å². The number of hydrogen-bond acceptors (Lipinski definition) is 7. The summed E-state index contributed by atoms with van der Waals surface area (Å²) in [6, 6.07) is 11.5. The van der Waals surface area contributed by atoms with E-state index in [1.807, 2.05) is 6.07 Å². The SMILES string of the molecule is CCCC[N+](CCCC)(CCCC)CCCC.[C-]#[N+]/C(=C\c1cc(C#N)ccc1OC)c1cn(C(=O)COP(=O)(O)OP(=O)(O)O)c2ccc(Br)cc12. The van der Waals surface area contributed by atoms with Gasteiger partial charge in [-0.15, -0.1) is 0 Å². The first-order valence-corrected chi connectivity index (χ1v) is 21.5. The predicted molar refractivity (Wildman–Crippen MR) is 211 cm³/mol. The van der Waals surface area contributed by atoms with Gasteiger partial charge >= 0.3 is 15.6 Å². The van der Waals surface area contributed by atoms with Crippen molar-refractivity contribution in [1.82, 2.24) is 4.57 Å². The molecule has 2 aromatic carbocycles. The highest BCUT2D eigenvalue weighted by Crippen LogP contribution is 2.57. The molecule has 1 heterocycles. The van der Waals surface area contributed by atoms with Gasteiger partial charge in [0.2, 0.25) is 0 Å². The van der Waals surface area contributed by atoms with Crippen molar-refractivity contribution in [3.05, 3.63) is 75.2 Å². The van der Waals surface area contributed by atoms with Crippen LogP contribution >= 0.6 is 31.6 Å². The Morgan fingerprint density at radius 2 is 1.53 bits per heavy atom. The van der Waals surface area contributed by atoms with Crippen LogP contribution in [-0.4, -0.2) is 69.5 Å². The summed E-state index contributed by atoms with van der Waals surface area (Å²) in [5.74, 6) is -0.473. The summed E-state index contributed by atoms with van der Waals surface area (Å²) in [6.45, 7) is 21.7. The molecule has 1 aromatic heterocycles. The molecule has 16 heteroatoms. The molecule has 0 spiro atoms. The number of fused-ring (bicyclic) bond motifs is 1. The van der Waals surface area contributed by atoms with Crippen molar-refractivity contribution in [2.24, 2.45) is 0 Å². The second kappa shape index (κ2) is 22.3. The molecule has 1 atom stereocenters. The van der Waals surface area contributed by atoms with Crippen molar-refractivity contribution >= 4 is 60.2 Å². The van der Waals surface area contributed by atoms with Gasteiger partial charge in [-0.25, -0.2) is 14.0 Å². The largest absolute Gasteiger partial charge is 0.496 e. The lowest BCUT2D eigenvalue weighted by Crippen LogP contribution is -2.50. The van der Waals surface area contributed by atoms with E-state index < -0.39 is 28.2 Å². The Kier molecular flexibility index (Phi) is 19.4. The number of rotatable bonds is 20. The Balaban J connectivity index is 0.000000482. The number of ether oxygens (including phenoxy) is 1. The molecule has 1 unspecified atom stereocenters. The van der Waals surface area contributed by atoms with Crippen LogP contribution in [-0.2, 0) is 18.0 Å². The molecule has 3 rings (SSSR count). The normalized spacial score (nSPS) is 13.1. The maximum atomic E-state index is 12.8. The number of halogens is 1. The third kappa shape index (κ3) is 14.9. The molecule has 0 saturated heterocycles. The number of phosphoric acid groups is 2. The van der Waals surface area contributed by atoms with E-state index in [4.69, 9.17) is 21.1 Å². The Labute approximate surface area is 321 Å². The first kappa shape index (κ1) is 46.0. The van der Waals surface area contributed by atoms with E-state index >= 15 is 0 Å². The van der Waals surface area contributed by atoms with Gasteiger partial charge < -0.3 is 23.9 Å². The second-order valence-electron chi connectivity index (χ2n) is 12.6. The van der Waals surface area contributed by atoms with Crippen molar-refractivity contribution in [2.45, 2.75) is 79.1 Å². The summed E-state index contributed by atoms with van der Waals surface area (Å²) in [5.41, 5.74) is 1.52. The number of carbonyl (C=O) groups is 1. The number of benzene rings is 2. The highest BCUT2D eigenvalue weighted by Gasteiger charge is 2.33. The fourth-order valence-corrected chi connectivity index (χ4v) is 7.75. The summed E-state index contributed by atoms with van der Waals surface area (Å²) >= 11 is 3.34. The third-order valence-electron chi connectivity index (χ3n) is 8.59. The van der Waals surface area contributed by atoms with E-state index in [9.17, 15) is 24.1 Å². The average molecular weight is 839 g/mol. The molecule has 0 aliphatic carbocycles. The van der Waals surface area contributed by atoms with Gasteiger partial charge in [-0.2, -0.15) is 9.57 Å². The molecule has 13 nitrogen and oxygen atoms in total. The molecule has 0 fully saturated rings. The number of carbonyl (C=O) groups excluding carboxylic acids is 1. The van der Waals surface area contributed by atoms with E-state index in [1.165, 1.54) is 107 Å². The summed E-state index contributed by atoms with van der Waals surface area (Å²) < 4.78 is 39.1. The zero-order chi connectivity index (χ0) is 39.7. The number of aromatic nitrogens is 1. The fourth-order valence-electron chi connectivity index (χ4n) is 5.86. The molecule has 0 aliphatic heterocycles. The Hall–Kier alpha value is -3.13. The average Bonchev–Trinajstić information content (AvgIpc) is 3.49. The van der Waals surface area contributed by atoms with Gasteiger partial charge in [0.1, 0.15) is 12.4 Å². The van der Waals surface area contributed by atoms with Crippen LogP contribution in [0.2, 0.25) is 0 Å². The molecule has 3 N–H and O–H groups in total. The van der Waals surface area contributed by atoms with Crippen LogP contribution in [0.5, 0.6) is 5.75 Å². The molecule has 0 amide bonds. The van der Waals surface area contributed by atoms with Gasteiger partial charge in [-0.05, 0) is 73.5 Å². The van der Waals surface area contributed by atoms with E-state index in [0.717, 1.165) is 4.57 Å². The van der Waals surface area contributed by atoms with Crippen molar-refractivity contribution in [3.63, 3.8) is 0 Å². The monoisotopic (exact) mass is 837 g/mol. The minimum atomic E-state index is -5.36. The number of nitriles is 1. The first-order chi connectivity index (χ1) is 25.1. The number of quaternary nitrogens is 1. The molecule has 0 bridgehead atoms. The van der Waals surface area contributed by atoms with Crippen LogP contribution in [0.25, 0.3) is 27.5 Å². The molecular weight excluding hydrogens is 786 g/mol. The van der Waals surface area contributed by atoms with E-state index in [-0.39, 0.29) is 5.70 Å². The quantitative estimate of drug-likeness (QED) is 0.0565. The molecule has 0 radical (unpaired) electrons. The van der Waals surface area contributed by atoms with Crippen LogP contribution in [0, 0.1) is 17.9 Å². The van der Waals surface area contributed by atoms with Crippen LogP contribution in [0.15, 0.2) is 47.1 Å². The van der Waals surface area contributed by atoms with Gasteiger partial charge in [-0.1, -0.05) is 69.3 Å². The Bertz CT molecular complexity index is 1840. The topological polar surface area (TPSA) is 173 Å². The molecule has 53 heavy (non-hydrogen) atoms. The maximum absolute atomic E-state index is 12.8. The lowest BCUT2D eigenvalue weighted by molar-refractivity contribution is -0.929. The fraction of sp³-hybridized carbons (Fsp3) is 0.486. The van der Waals surface area contributed by atoms with Crippen LogP contribution in [0.1, 0.15) is 101 Å². The summed E-state index contributed by atoms with van der Waals surface area (Å²) in [4.78, 5) is 43.3. The Morgan fingerprint density at radius 3 is 2.00 bits per heavy atom. The molecule has 3 aromatic rings. The van der Waals surface area contributed by atoms with Gasteiger partial charge in [0.25, 0.3) is 5.91 Å². The summed E-state index contributed by atoms with van der Waals surface area (Å²) in [6.07, 6.45) is 13.9. The van der Waals surface area contributed by atoms with E-state index in [0.29, 0.717) is 37.8 Å². The predicted octanol–water partition coefficient (Wildman–Crippen LogP) is 9.57. The zero-order valence-electron chi connectivity index (χ0n) is 31.2. The van der Waals surface area contributed by atoms with Crippen molar-refractivity contribution < 1.29 is 46.7 Å². The van der Waals surface area contributed by atoms with Gasteiger partial charge in [0.05, 0.1) is 57.0 Å². The van der Waals surface area contributed by atoms with Crippen molar-refractivity contribution in [2.75, 3.05) is 39.9 Å². The highest BCUT2D eigenvalue weighted by molar-refractivity contribution is 9.10. The van der Waals surface area contributed by atoms with E-state index in [1.54, 1.807) is 30.3 Å². The minimum absolute atomic E-state index is 0.0941. The van der Waals surface area contributed by atoms with Crippen molar-refractivity contribution in [3.8, 4) is 11.8 Å². The van der Waals surface area contributed by atoms with E-state index in [2.05, 4.69) is 57.3 Å². The first-order valence-electron chi connectivity index (χ1n) is 17.7. The van der Waals surface area contributed by atoms with Gasteiger partial charge in [-0.3, -0.25) is 13.9 Å². The number of phosphoric ester groups is 1. The lowest BCUT2D eigenvalue weighted by Gasteiger charge is -2.39. The standard InChI is InChI=1S/C21H16BrN3O9P2.C16H36N/c1-24-18(8-14-7-13(10-23)3-6-20(14)32-2)17-11-25(19-5-4-15(22)9-16(17)19)21(26)12-33-36(30,31)34-35(27,28)29;1-5-9-13-17(14-10-6-2,15-11-7-3)16-12-8-4/h3-9,11H,12H2,2H3,(H,30,31)(H2,27,28,29);5-16H2,1-4H3/q;+1/b18-8-;. The number of unbranched alkanes of at least 4 members (excludes halogenated alkanes) is 4. The number of nitrogens with zero attached hydrogens (tertiary/aromatic N) is 4. The number of hydrogen-bond donors (Lipinski definition) is 3.